The lowest BCUT2D eigenvalue weighted by Gasteiger charge is -2.22. The summed E-state index contributed by atoms with van der Waals surface area (Å²) in [6.45, 7) is 2.03. The number of para-hydroxylation sites is 1. The minimum atomic E-state index is -1.25. The number of aromatic nitrogens is 2. The van der Waals surface area contributed by atoms with Crippen molar-refractivity contribution in [2.75, 3.05) is 4.90 Å². The molecule has 0 bridgehead atoms. The first-order chi connectivity index (χ1) is 9.58. The van der Waals surface area contributed by atoms with Gasteiger partial charge >= 0.3 is 5.97 Å². The molecule has 0 saturated heterocycles. The molecule has 0 amide bonds. The molecular weight excluding hydrogens is 258 g/mol. The van der Waals surface area contributed by atoms with Crippen molar-refractivity contribution < 1.29 is 15.0 Å². The molecule has 2 aromatic rings. The van der Waals surface area contributed by atoms with Crippen LogP contribution in [-0.2, 0) is 6.42 Å². The van der Waals surface area contributed by atoms with Crippen molar-refractivity contribution in [3.05, 3.63) is 41.6 Å². The van der Waals surface area contributed by atoms with Crippen LogP contribution < -0.4 is 4.90 Å². The molecule has 0 radical (unpaired) electrons. The molecule has 1 aliphatic heterocycles. The van der Waals surface area contributed by atoms with Crippen LogP contribution >= 0.6 is 0 Å². The maximum absolute atomic E-state index is 10.9. The number of carboxylic acids is 1. The Labute approximate surface area is 115 Å². The third-order valence-corrected chi connectivity index (χ3v) is 3.41. The van der Waals surface area contributed by atoms with E-state index in [1.807, 2.05) is 36.1 Å². The molecule has 1 atom stereocenters. The molecule has 0 saturated carbocycles. The molecule has 3 rings (SSSR count). The van der Waals surface area contributed by atoms with Gasteiger partial charge in [0.2, 0.25) is 11.8 Å². The third kappa shape index (κ3) is 1.85. The average molecular weight is 271 g/mol. The van der Waals surface area contributed by atoms with Crippen LogP contribution in [0.25, 0.3) is 0 Å². The van der Waals surface area contributed by atoms with Gasteiger partial charge in [-0.15, -0.1) is 0 Å². The van der Waals surface area contributed by atoms with Crippen molar-refractivity contribution in [1.29, 1.82) is 0 Å². The molecule has 6 nitrogen and oxygen atoms in total. The number of fused-ring (bicyclic) bond motifs is 1. The summed E-state index contributed by atoms with van der Waals surface area (Å²) in [5.41, 5.74) is 1.88. The normalized spacial score (nSPS) is 17.1. The van der Waals surface area contributed by atoms with Crippen molar-refractivity contribution in [3.63, 3.8) is 0 Å². The van der Waals surface area contributed by atoms with Crippen molar-refractivity contribution in [2.24, 2.45) is 0 Å². The zero-order valence-corrected chi connectivity index (χ0v) is 10.8. The fraction of sp³-hybridized carbons (Fsp3) is 0.214. The van der Waals surface area contributed by atoms with Gasteiger partial charge in [0.15, 0.2) is 0 Å². The molecule has 2 heterocycles. The van der Waals surface area contributed by atoms with Crippen molar-refractivity contribution in [1.82, 2.24) is 9.97 Å². The van der Waals surface area contributed by atoms with Crippen molar-refractivity contribution >= 4 is 17.6 Å². The van der Waals surface area contributed by atoms with E-state index in [-0.39, 0.29) is 11.6 Å². The minimum Gasteiger partial charge on any atom is -0.493 e. The molecule has 0 aliphatic carbocycles. The van der Waals surface area contributed by atoms with E-state index in [0.717, 1.165) is 18.3 Å². The van der Waals surface area contributed by atoms with Crippen LogP contribution in [0.15, 0.2) is 30.5 Å². The predicted molar refractivity (Wildman–Crippen MR) is 72.4 cm³/mol. The number of benzene rings is 1. The van der Waals surface area contributed by atoms with E-state index >= 15 is 0 Å². The van der Waals surface area contributed by atoms with Gasteiger partial charge in [-0.2, -0.15) is 4.98 Å². The summed E-state index contributed by atoms with van der Waals surface area (Å²) in [6, 6.07) is 8.06. The Morgan fingerprint density at radius 1 is 1.40 bits per heavy atom. The van der Waals surface area contributed by atoms with E-state index in [2.05, 4.69) is 9.97 Å². The highest BCUT2D eigenvalue weighted by Gasteiger charge is 2.29. The van der Waals surface area contributed by atoms with Crippen LogP contribution in [-0.4, -0.2) is 32.2 Å². The summed E-state index contributed by atoms with van der Waals surface area (Å²) in [4.78, 5) is 20.7. The molecule has 1 aromatic carbocycles. The lowest BCUT2D eigenvalue weighted by Crippen LogP contribution is -2.26. The molecule has 0 spiro atoms. The molecule has 20 heavy (non-hydrogen) atoms. The smallest absolute Gasteiger partial charge is 0.342 e. The molecular formula is C14H13N3O3. The number of rotatable bonds is 2. The Morgan fingerprint density at radius 2 is 2.15 bits per heavy atom. The first-order valence-electron chi connectivity index (χ1n) is 6.24. The Kier molecular flexibility index (Phi) is 2.78. The average Bonchev–Trinajstić information content (AvgIpc) is 2.73. The molecule has 1 aromatic heterocycles. The maximum Gasteiger partial charge on any atom is 0.342 e. The quantitative estimate of drug-likeness (QED) is 0.868. The number of aromatic carboxylic acids is 1. The van der Waals surface area contributed by atoms with Gasteiger partial charge < -0.3 is 15.1 Å². The van der Waals surface area contributed by atoms with Crippen LogP contribution in [0.3, 0.4) is 0 Å². The number of nitrogens with zero attached hydrogens (tertiary/aromatic N) is 3. The predicted octanol–water partition coefficient (Wildman–Crippen LogP) is 1.96. The van der Waals surface area contributed by atoms with E-state index in [9.17, 15) is 9.90 Å². The first kappa shape index (κ1) is 12.4. The van der Waals surface area contributed by atoms with Gasteiger partial charge in [0.25, 0.3) is 0 Å². The summed E-state index contributed by atoms with van der Waals surface area (Å²) >= 11 is 0. The number of hydrogen-bond acceptors (Lipinski definition) is 5. The summed E-state index contributed by atoms with van der Waals surface area (Å²) in [5, 5.41) is 18.6. The molecule has 6 heteroatoms. The largest absolute Gasteiger partial charge is 0.493 e. The van der Waals surface area contributed by atoms with E-state index in [0.29, 0.717) is 5.95 Å². The lowest BCUT2D eigenvalue weighted by atomic mass is 10.1. The second-order valence-electron chi connectivity index (χ2n) is 4.76. The summed E-state index contributed by atoms with van der Waals surface area (Å²) in [5.74, 6) is -1.45. The fourth-order valence-corrected chi connectivity index (χ4v) is 2.50. The van der Waals surface area contributed by atoms with Crippen LogP contribution in [0.2, 0.25) is 0 Å². The maximum atomic E-state index is 10.9. The number of aromatic hydroxyl groups is 1. The summed E-state index contributed by atoms with van der Waals surface area (Å²) in [6.07, 6.45) is 1.99. The van der Waals surface area contributed by atoms with E-state index in [4.69, 9.17) is 5.11 Å². The van der Waals surface area contributed by atoms with Gasteiger partial charge in [-0.05, 0) is 25.0 Å². The molecule has 0 unspecified atom stereocenters. The van der Waals surface area contributed by atoms with Crippen molar-refractivity contribution in [3.8, 4) is 5.88 Å². The monoisotopic (exact) mass is 271 g/mol. The molecule has 102 valence electrons. The van der Waals surface area contributed by atoms with Crippen LogP contribution in [0.4, 0.5) is 11.6 Å². The second kappa shape index (κ2) is 4.48. The van der Waals surface area contributed by atoms with Gasteiger partial charge in [0.05, 0.1) is 6.20 Å². The minimum absolute atomic E-state index is 0.155. The SMILES string of the molecule is C[C@@H]1Cc2ccccc2N1c1ncc(C(=O)O)c(O)n1. The van der Waals surface area contributed by atoms with Gasteiger partial charge in [-0.25, -0.2) is 9.78 Å². The highest BCUT2D eigenvalue weighted by atomic mass is 16.4. The Balaban J connectivity index is 2.06. The van der Waals surface area contributed by atoms with Gasteiger partial charge in [-0.3, -0.25) is 0 Å². The standard InChI is InChI=1S/C14H13N3O3/c1-8-6-9-4-2-3-5-11(9)17(8)14-15-7-10(13(19)20)12(18)16-14/h2-5,7-8H,6H2,1H3,(H,19,20)(H,15,16,18)/t8-/m1/s1. The first-order valence-corrected chi connectivity index (χ1v) is 6.24. The summed E-state index contributed by atoms with van der Waals surface area (Å²) < 4.78 is 0. The molecule has 0 fully saturated rings. The zero-order valence-electron chi connectivity index (χ0n) is 10.8. The number of anilines is 2. The molecule has 1 aliphatic rings. The lowest BCUT2D eigenvalue weighted by molar-refractivity contribution is 0.0692. The highest BCUT2D eigenvalue weighted by Crippen LogP contribution is 2.36. The Hall–Kier alpha value is -2.63. The third-order valence-electron chi connectivity index (χ3n) is 3.41. The number of carboxylic acid groups (broad SMARTS) is 1. The van der Waals surface area contributed by atoms with Crippen LogP contribution in [0, 0.1) is 0 Å². The van der Waals surface area contributed by atoms with Crippen molar-refractivity contribution in [2.45, 2.75) is 19.4 Å². The van der Waals surface area contributed by atoms with Crippen LogP contribution in [0.1, 0.15) is 22.8 Å². The Bertz CT molecular complexity index is 687. The van der Waals surface area contributed by atoms with E-state index in [1.54, 1.807) is 0 Å². The Morgan fingerprint density at radius 3 is 2.85 bits per heavy atom. The zero-order chi connectivity index (χ0) is 14.3. The second-order valence-corrected chi connectivity index (χ2v) is 4.76. The van der Waals surface area contributed by atoms with E-state index < -0.39 is 11.8 Å². The van der Waals surface area contributed by atoms with Gasteiger partial charge in [0.1, 0.15) is 5.56 Å². The topological polar surface area (TPSA) is 86.6 Å². The number of hydrogen-bond donors (Lipinski definition) is 2. The molecule has 2 N–H and O–H groups in total. The van der Waals surface area contributed by atoms with Crippen LogP contribution in [0.5, 0.6) is 5.88 Å². The number of carbonyl (C=O) groups is 1. The fourth-order valence-electron chi connectivity index (χ4n) is 2.50. The highest BCUT2D eigenvalue weighted by molar-refractivity contribution is 5.89. The van der Waals surface area contributed by atoms with Gasteiger partial charge in [-0.1, -0.05) is 18.2 Å². The van der Waals surface area contributed by atoms with E-state index in [1.165, 1.54) is 5.56 Å². The summed E-state index contributed by atoms with van der Waals surface area (Å²) in [7, 11) is 0. The van der Waals surface area contributed by atoms with Gasteiger partial charge in [0, 0.05) is 11.7 Å².